The van der Waals surface area contributed by atoms with Crippen LogP contribution in [0.2, 0.25) is 0 Å². The van der Waals surface area contributed by atoms with Crippen molar-refractivity contribution in [3.8, 4) is 11.5 Å². The van der Waals surface area contributed by atoms with Crippen LogP contribution in [0.1, 0.15) is 11.1 Å². The molecular weight excluding hydrogens is 663 g/mol. The summed E-state index contributed by atoms with van der Waals surface area (Å²) >= 11 is 2.10. The number of hydrogen-bond acceptors (Lipinski definition) is 12. The molecule has 6 rings (SSSR count). The maximum absolute atomic E-state index is 12.7. The van der Waals surface area contributed by atoms with Crippen molar-refractivity contribution in [2.24, 2.45) is 10.2 Å². The molecule has 0 spiro atoms. The zero-order valence-electron chi connectivity index (χ0n) is 24.0. The SMILES string of the molecule is Cc1ccc2nc(S(=O)(=O)Oc3ccc(N=Nc4ccc(OS(=O)(=O)c5nc6ccc(C)cc6s5)cc4)cc3)sc2c1.[Na].[Na]. The van der Waals surface area contributed by atoms with E-state index in [4.69, 9.17) is 8.37 Å². The summed E-state index contributed by atoms with van der Waals surface area (Å²) in [5.74, 6) is 0.214. The molecule has 2 heterocycles. The van der Waals surface area contributed by atoms with Gasteiger partial charge in [0.25, 0.3) is 0 Å². The number of benzene rings is 4. The minimum Gasteiger partial charge on any atom is -0.377 e. The van der Waals surface area contributed by atoms with Crippen LogP contribution in [-0.2, 0) is 20.2 Å². The number of rotatable bonds is 8. The van der Waals surface area contributed by atoms with E-state index in [-0.39, 0.29) is 79.3 Å². The third-order valence-electron chi connectivity index (χ3n) is 5.84. The Balaban J connectivity index is 0.00000221. The normalized spacial score (nSPS) is 11.8. The van der Waals surface area contributed by atoms with Crippen molar-refractivity contribution in [2.75, 3.05) is 0 Å². The van der Waals surface area contributed by atoms with E-state index in [9.17, 15) is 16.8 Å². The monoisotopic (exact) mass is 682 g/mol. The summed E-state index contributed by atoms with van der Waals surface area (Å²) in [5.41, 5.74) is 4.09. The smallest absolute Gasteiger partial charge is 0.366 e. The van der Waals surface area contributed by atoms with E-state index >= 15 is 0 Å². The standard InChI is InChI=1S/C28H20N4O6S4.2Na/c1-17-3-13-23-25(15-17)39-27(29-23)41(33,34)37-21-9-5-19(6-10-21)31-32-20-7-11-22(12-8-20)38-42(35,36)28-30-24-14-4-18(2)16-26(24)40-28;;/h3-16H,1-2H3;;. The molecule has 0 aliphatic rings. The van der Waals surface area contributed by atoms with E-state index < -0.39 is 20.2 Å². The van der Waals surface area contributed by atoms with Crippen molar-refractivity contribution in [1.29, 1.82) is 0 Å². The summed E-state index contributed by atoms with van der Waals surface area (Å²) in [7, 11) is -8.21. The Labute approximate surface area is 306 Å². The van der Waals surface area contributed by atoms with Gasteiger partial charge in [0.2, 0.25) is 8.68 Å². The molecule has 2 aromatic heterocycles. The quantitative estimate of drug-likeness (QED) is 0.0981. The number of fused-ring (bicyclic) bond motifs is 2. The van der Waals surface area contributed by atoms with Gasteiger partial charge in [-0.3, -0.25) is 0 Å². The van der Waals surface area contributed by atoms with Crippen LogP contribution in [0.25, 0.3) is 20.4 Å². The molecule has 44 heavy (non-hydrogen) atoms. The molecule has 0 saturated heterocycles. The Kier molecular flexibility index (Phi) is 11.0. The average Bonchev–Trinajstić information content (AvgIpc) is 3.58. The maximum Gasteiger partial charge on any atom is 0.366 e. The van der Waals surface area contributed by atoms with E-state index in [2.05, 4.69) is 20.2 Å². The fourth-order valence-electron chi connectivity index (χ4n) is 3.81. The van der Waals surface area contributed by atoms with Gasteiger partial charge in [-0.15, -0.1) is 0 Å². The van der Waals surface area contributed by atoms with Gasteiger partial charge in [-0.05, 0) is 97.8 Å². The average molecular weight is 683 g/mol. The second-order valence-electron chi connectivity index (χ2n) is 9.16. The largest absolute Gasteiger partial charge is 0.377 e. The minimum atomic E-state index is -4.10. The van der Waals surface area contributed by atoms with Crippen LogP contribution in [0, 0.1) is 13.8 Å². The second-order valence-corrected chi connectivity index (χ2v) is 14.7. The van der Waals surface area contributed by atoms with Crippen LogP contribution in [0.3, 0.4) is 0 Å². The van der Waals surface area contributed by atoms with E-state index in [0.29, 0.717) is 22.4 Å². The van der Waals surface area contributed by atoms with E-state index in [1.54, 1.807) is 36.4 Å². The Morgan fingerprint density at radius 2 is 0.932 bits per heavy atom. The Hall–Kier alpha value is -2.24. The molecule has 0 aliphatic carbocycles. The van der Waals surface area contributed by atoms with Gasteiger partial charge < -0.3 is 8.37 Å². The minimum absolute atomic E-state index is 0. The molecule has 6 aromatic rings. The first-order chi connectivity index (χ1) is 20.0. The number of aromatic nitrogens is 2. The fourth-order valence-corrected chi connectivity index (χ4v) is 8.25. The fraction of sp³-hybridized carbons (Fsp3) is 0.0714. The van der Waals surface area contributed by atoms with Gasteiger partial charge >= 0.3 is 20.2 Å². The summed E-state index contributed by atoms with van der Waals surface area (Å²) in [6.07, 6.45) is 0. The molecule has 10 nitrogen and oxygen atoms in total. The Morgan fingerprint density at radius 1 is 0.568 bits per heavy atom. The summed E-state index contributed by atoms with van der Waals surface area (Å²) in [5, 5.41) is 8.27. The number of nitrogens with zero attached hydrogens (tertiary/aromatic N) is 4. The second kappa shape index (κ2) is 14.0. The van der Waals surface area contributed by atoms with Crippen LogP contribution in [0.4, 0.5) is 11.4 Å². The third-order valence-corrected chi connectivity index (χ3v) is 11.1. The van der Waals surface area contributed by atoms with Gasteiger partial charge in [-0.2, -0.15) is 27.1 Å². The van der Waals surface area contributed by atoms with Gasteiger partial charge in [-0.25, -0.2) is 9.97 Å². The van der Waals surface area contributed by atoms with Crippen LogP contribution < -0.4 is 8.37 Å². The van der Waals surface area contributed by atoms with Crippen LogP contribution >= 0.6 is 22.7 Å². The molecule has 0 amide bonds. The summed E-state index contributed by atoms with van der Waals surface area (Å²) < 4.78 is 62.7. The molecule has 16 heteroatoms. The molecule has 4 aromatic carbocycles. The molecule has 0 bridgehead atoms. The van der Waals surface area contributed by atoms with E-state index in [1.165, 1.54) is 24.3 Å². The summed E-state index contributed by atoms with van der Waals surface area (Å²) in [4.78, 5) is 8.36. The van der Waals surface area contributed by atoms with Crippen molar-refractivity contribution in [3.63, 3.8) is 0 Å². The molecule has 0 atom stereocenters. The van der Waals surface area contributed by atoms with Crippen molar-refractivity contribution >= 4 is 134 Å². The van der Waals surface area contributed by atoms with Crippen LogP contribution in [-0.4, -0.2) is 85.9 Å². The van der Waals surface area contributed by atoms with Gasteiger partial charge in [0.15, 0.2) is 0 Å². The molecule has 0 fully saturated rings. The number of aryl methyl sites for hydroxylation is 2. The number of azo groups is 1. The zero-order chi connectivity index (χ0) is 29.5. The van der Waals surface area contributed by atoms with Gasteiger partial charge in [0.1, 0.15) is 11.5 Å². The van der Waals surface area contributed by atoms with Crippen molar-refractivity contribution in [2.45, 2.75) is 22.5 Å². The number of thiazole rings is 2. The van der Waals surface area contributed by atoms with E-state index in [0.717, 1.165) is 43.2 Å². The zero-order valence-corrected chi connectivity index (χ0v) is 31.2. The first kappa shape index (κ1) is 34.6. The van der Waals surface area contributed by atoms with Gasteiger partial charge in [0, 0.05) is 59.1 Å². The van der Waals surface area contributed by atoms with Crippen molar-refractivity contribution in [1.82, 2.24) is 9.97 Å². The molecule has 0 unspecified atom stereocenters. The molecule has 214 valence electrons. The topological polar surface area (TPSA) is 137 Å². The Bertz CT molecular complexity index is 2040. The first-order valence-corrected chi connectivity index (χ1v) is 16.7. The summed E-state index contributed by atoms with van der Waals surface area (Å²) in [6, 6.07) is 23.1. The molecule has 0 aliphatic heterocycles. The predicted octanol–water partition coefficient (Wildman–Crippen LogP) is 6.71. The Morgan fingerprint density at radius 3 is 1.30 bits per heavy atom. The van der Waals surface area contributed by atoms with Crippen LogP contribution in [0.15, 0.2) is 104 Å². The van der Waals surface area contributed by atoms with E-state index in [1.807, 2.05) is 38.1 Å². The van der Waals surface area contributed by atoms with Crippen LogP contribution in [0.5, 0.6) is 11.5 Å². The van der Waals surface area contributed by atoms with Crippen molar-refractivity contribution < 1.29 is 25.2 Å². The summed E-state index contributed by atoms with van der Waals surface area (Å²) in [6.45, 7) is 3.85. The van der Waals surface area contributed by atoms with Gasteiger partial charge in [0.05, 0.1) is 31.8 Å². The molecule has 2 radical (unpaired) electrons. The van der Waals surface area contributed by atoms with Gasteiger partial charge in [-0.1, -0.05) is 34.8 Å². The molecular formula is C28H20N4Na2O6S4. The van der Waals surface area contributed by atoms with Crippen molar-refractivity contribution in [3.05, 3.63) is 96.1 Å². The predicted molar refractivity (Wildman–Crippen MR) is 173 cm³/mol. The maximum atomic E-state index is 12.7. The number of hydrogen-bond donors (Lipinski definition) is 0. The molecule has 0 N–H and O–H groups in total. The molecule has 0 saturated carbocycles. The third kappa shape index (κ3) is 7.94. The first-order valence-electron chi connectivity index (χ1n) is 12.3.